The van der Waals surface area contributed by atoms with Crippen molar-refractivity contribution in [2.24, 2.45) is 5.73 Å². The van der Waals surface area contributed by atoms with E-state index in [0.717, 1.165) is 18.6 Å². The molecule has 0 bridgehead atoms. The fourth-order valence-electron chi connectivity index (χ4n) is 2.89. The van der Waals surface area contributed by atoms with Gasteiger partial charge >= 0.3 is 0 Å². The maximum atomic E-state index is 12.4. The van der Waals surface area contributed by atoms with Crippen LogP contribution in [0.2, 0.25) is 0 Å². The van der Waals surface area contributed by atoms with Crippen LogP contribution in [0, 0.1) is 0 Å². The monoisotopic (exact) mass is 301 g/mol. The van der Waals surface area contributed by atoms with Gasteiger partial charge in [0.25, 0.3) is 0 Å². The van der Waals surface area contributed by atoms with Gasteiger partial charge in [-0.05, 0) is 19.8 Å². The molecule has 2 aliphatic rings. The first kappa shape index (κ1) is 15.6. The number of rotatable bonds is 2. The van der Waals surface area contributed by atoms with Gasteiger partial charge in [0.2, 0.25) is 11.8 Å². The molecule has 3 N–H and O–H groups in total. The predicted octanol–water partition coefficient (Wildman–Crippen LogP) is -0.391. The molecule has 7 heteroatoms. The van der Waals surface area contributed by atoms with Gasteiger partial charge in [-0.3, -0.25) is 9.59 Å². The number of likely N-dealkylation sites (tertiary alicyclic amines) is 1. The van der Waals surface area contributed by atoms with Crippen LogP contribution in [0.4, 0.5) is 0 Å². The molecule has 114 valence electrons. The number of piperidine rings is 1. The van der Waals surface area contributed by atoms with Crippen molar-refractivity contribution in [3.63, 3.8) is 0 Å². The molecule has 0 aliphatic carbocycles. The number of thioether (sulfide) groups is 1. The largest absolute Gasteiger partial charge is 0.391 e. The normalized spacial score (nSPS) is 24.8. The van der Waals surface area contributed by atoms with Crippen molar-refractivity contribution < 1.29 is 14.7 Å². The highest BCUT2D eigenvalue weighted by Crippen LogP contribution is 2.44. The third-order valence-corrected chi connectivity index (χ3v) is 5.79. The Kier molecular flexibility index (Phi) is 4.61. The zero-order chi connectivity index (χ0) is 14.9. The summed E-state index contributed by atoms with van der Waals surface area (Å²) in [5.74, 6) is 0.793. The zero-order valence-corrected chi connectivity index (χ0v) is 12.9. The van der Waals surface area contributed by atoms with Gasteiger partial charge in [0.05, 0.1) is 11.0 Å². The maximum Gasteiger partial charge on any atom is 0.243 e. The highest BCUT2D eigenvalue weighted by molar-refractivity contribution is 8.00. The summed E-state index contributed by atoms with van der Waals surface area (Å²) in [6.45, 7) is 5.14. The summed E-state index contributed by atoms with van der Waals surface area (Å²) in [6.07, 6.45) is 0.702. The van der Waals surface area contributed by atoms with Crippen molar-refractivity contribution in [2.45, 2.75) is 43.7 Å². The molecule has 0 radical (unpaired) electrons. The first-order valence-corrected chi connectivity index (χ1v) is 8.00. The van der Waals surface area contributed by atoms with E-state index in [0.29, 0.717) is 19.6 Å². The number of hydrogen-bond acceptors (Lipinski definition) is 5. The van der Waals surface area contributed by atoms with Crippen LogP contribution < -0.4 is 5.73 Å². The standard InChI is InChI=1S/C13H23N3O3S/c1-9(17)11(14)12(19)16-7-8-20-13(16)3-5-15(6-4-13)10(2)18/h9,11,17H,3-8,14H2,1-2H3/t9-,11+/m1/s1. The number of nitrogens with zero attached hydrogens (tertiary/aromatic N) is 2. The third kappa shape index (κ3) is 2.80. The van der Waals surface area contributed by atoms with E-state index >= 15 is 0 Å². The summed E-state index contributed by atoms with van der Waals surface area (Å²) in [5.41, 5.74) is 5.79. The van der Waals surface area contributed by atoms with Crippen molar-refractivity contribution in [1.82, 2.24) is 9.80 Å². The van der Waals surface area contributed by atoms with Crippen LogP contribution in [0.3, 0.4) is 0 Å². The average Bonchev–Trinajstić information content (AvgIpc) is 2.80. The van der Waals surface area contributed by atoms with E-state index in [9.17, 15) is 14.7 Å². The summed E-state index contributed by atoms with van der Waals surface area (Å²) < 4.78 is 0. The van der Waals surface area contributed by atoms with Crippen molar-refractivity contribution in [3.8, 4) is 0 Å². The third-order valence-electron chi connectivity index (χ3n) is 4.24. The van der Waals surface area contributed by atoms with Crippen molar-refractivity contribution in [2.75, 3.05) is 25.4 Å². The molecule has 20 heavy (non-hydrogen) atoms. The average molecular weight is 301 g/mol. The van der Waals surface area contributed by atoms with Crippen molar-refractivity contribution in [3.05, 3.63) is 0 Å². The number of nitrogens with two attached hydrogens (primary N) is 1. The molecular weight excluding hydrogens is 278 g/mol. The minimum atomic E-state index is -0.864. The molecule has 0 aromatic rings. The van der Waals surface area contributed by atoms with Crippen LogP contribution in [0.15, 0.2) is 0 Å². The van der Waals surface area contributed by atoms with Crippen LogP contribution in [-0.2, 0) is 9.59 Å². The molecule has 0 unspecified atom stereocenters. The summed E-state index contributed by atoms with van der Waals surface area (Å²) >= 11 is 1.77. The van der Waals surface area contributed by atoms with E-state index in [-0.39, 0.29) is 16.7 Å². The second-order valence-electron chi connectivity index (χ2n) is 5.56. The Labute approximate surface area is 123 Å². The lowest BCUT2D eigenvalue weighted by molar-refractivity contribution is -0.139. The van der Waals surface area contributed by atoms with Crippen LogP contribution in [0.25, 0.3) is 0 Å². The predicted molar refractivity (Wildman–Crippen MR) is 78.0 cm³/mol. The fourth-order valence-corrected chi connectivity index (χ4v) is 4.35. The lowest BCUT2D eigenvalue weighted by atomic mass is 10.0. The van der Waals surface area contributed by atoms with Crippen LogP contribution in [0.1, 0.15) is 26.7 Å². The second-order valence-corrected chi connectivity index (χ2v) is 7.01. The van der Waals surface area contributed by atoms with Gasteiger partial charge in [0.1, 0.15) is 6.04 Å². The van der Waals surface area contributed by atoms with Gasteiger partial charge in [-0.2, -0.15) is 0 Å². The first-order valence-electron chi connectivity index (χ1n) is 7.02. The van der Waals surface area contributed by atoms with Gasteiger partial charge < -0.3 is 20.6 Å². The van der Waals surface area contributed by atoms with Crippen LogP contribution >= 0.6 is 11.8 Å². The van der Waals surface area contributed by atoms with Crippen LogP contribution in [-0.4, -0.2) is 69.1 Å². The van der Waals surface area contributed by atoms with Crippen molar-refractivity contribution >= 4 is 23.6 Å². The molecule has 0 saturated carbocycles. The molecule has 2 rings (SSSR count). The summed E-state index contributed by atoms with van der Waals surface area (Å²) in [6, 6.07) is -0.864. The highest BCUT2D eigenvalue weighted by Gasteiger charge is 2.47. The molecule has 1 spiro atoms. The van der Waals surface area contributed by atoms with E-state index in [1.165, 1.54) is 6.92 Å². The van der Waals surface area contributed by atoms with Crippen LogP contribution in [0.5, 0.6) is 0 Å². The zero-order valence-electron chi connectivity index (χ0n) is 12.0. The number of amides is 2. The quantitative estimate of drug-likeness (QED) is 0.725. The minimum absolute atomic E-state index is 0.0846. The molecule has 0 aromatic carbocycles. The number of carbonyl (C=O) groups excluding carboxylic acids is 2. The SMILES string of the molecule is CC(=O)N1CCC2(CC1)SCCN2C(=O)[C@@H](N)[C@@H](C)O. The Hall–Kier alpha value is -0.790. The van der Waals surface area contributed by atoms with E-state index in [4.69, 9.17) is 5.73 Å². The number of aliphatic hydroxyl groups is 1. The number of carbonyl (C=O) groups is 2. The molecule has 2 heterocycles. The lowest BCUT2D eigenvalue weighted by Gasteiger charge is -2.44. The highest BCUT2D eigenvalue weighted by atomic mass is 32.2. The van der Waals surface area contributed by atoms with E-state index in [1.807, 2.05) is 9.80 Å². The molecule has 2 fully saturated rings. The molecule has 2 amide bonds. The van der Waals surface area contributed by atoms with Gasteiger partial charge in [0.15, 0.2) is 0 Å². The minimum Gasteiger partial charge on any atom is -0.391 e. The summed E-state index contributed by atoms with van der Waals surface area (Å²) in [4.78, 5) is 27.2. The lowest BCUT2D eigenvalue weighted by Crippen LogP contribution is -2.58. The molecule has 2 atom stereocenters. The molecule has 2 saturated heterocycles. The Bertz CT molecular complexity index is 394. The van der Waals surface area contributed by atoms with Gasteiger partial charge in [-0.25, -0.2) is 0 Å². The Morgan fingerprint density at radius 3 is 2.40 bits per heavy atom. The van der Waals surface area contributed by atoms with E-state index < -0.39 is 12.1 Å². The smallest absolute Gasteiger partial charge is 0.243 e. The first-order chi connectivity index (χ1) is 9.37. The fraction of sp³-hybridized carbons (Fsp3) is 0.846. The molecule has 0 aromatic heterocycles. The topological polar surface area (TPSA) is 86.9 Å². The Morgan fingerprint density at radius 1 is 1.30 bits per heavy atom. The number of hydrogen-bond donors (Lipinski definition) is 2. The van der Waals surface area contributed by atoms with E-state index in [1.54, 1.807) is 18.7 Å². The molecule has 6 nitrogen and oxygen atoms in total. The van der Waals surface area contributed by atoms with Gasteiger partial charge in [-0.1, -0.05) is 0 Å². The maximum absolute atomic E-state index is 12.4. The summed E-state index contributed by atoms with van der Waals surface area (Å²) in [5, 5.41) is 9.52. The Morgan fingerprint density at radius 2 is 1.90 bits per heavy atom. The molecule has 2 aliphatic heterocycles. The number of aliphatic hydroxyl groups excluding tert-OH is 1. The molecular formula is C13H23N3O3S. The van der Waals surface area contributed by atoms with Crippen molar-refractivity contribution in [1.29, 1.82) is 0 Å². The van der Waals surface area contributed by atoms with Gasteiger partial charge in [0, 0.05) is 32.3 Å². The second kappa shape index (κ2) is 5.91. The van der Waals surface area contributed by atoms with E-state index in [2.05, 4.69) is 0 Å². The summed E-state index contributed by atoms with van der Waals surface area (Å²) in [7, 11) is 0. The Balaban J connectivity index is 2.08. The van der Waals surface area contributed by atoms with Gasteiger partial charge in [-0.15, -0.1) is 11.8 Å².